The molecule has 5 rings (SSSR count). The molecule has 37 heavy (non-hydrogen) atoms. The number of benzene rings is 1. The molecule has 200 valence electrons. The van der Waals surface area contributed by atoms with Crippen molar-refractivity contribution in [2.75, 3.05) is 37.6 Å². The molecule has 0 saturated carbocycles. The van der Waals surface area contributed by atoms with Crippen LogP contribution in [0.5, 0.6) is 0 Å². The molecular weight excluding hydrogens is 505 g/mol. The van der Waals surface area contributed by atoms with Crippen LogP contribution in [0.2, 0.25) is 10.0 Å². The van der Waals surface area contributed by atoms with E-state index in [9.17, 15) is 0 Å². The first-order valence-corrected chi connectivity index (χ1v) is 14.2. The fourth-order valence-corrected chi connectivity index (χ4v) is 6.07. The lowest BCUT2D eigenvalue weighted by molar-refractivity contribution is 0.120. The molecule has 2 atom stereocenters. The molecule has 9 heteroatoms. The van der Waals surface area contributed by atoms with E-state index in [1.807, 2.05) is 43.8 Å². The first-order chi connectivity index (χ1) is 17.9. The Bertz CT molecular complexity index is 1230. The summed E-state index contributed by atoms with van der Waals surface area (Å²) >= 11 is 12.6. The topological polar surface area (TPSA) is 76.1 Å². The van der Waals surface area contributed by atoms with Gasteiger partial charge in [-0.05, 0) is 68.8 Å². The third-order valence-electron chi connectivity index (χ3n) is 7.46. The van der Waals surface area contributed by atoms with Crippen molar-refractivity contribution in [2.24, 2.45) is 17.6 Å². The smallest absolute Gasteiger partial charge is 0.180 e. The second kappa shape index (κ2) is 12.0. The van der Waals surface area contributed by atoms with Gasteiger partial charge in [0.15, 0.2) is 5.65 Å². The van der Waals surface area contributed by atoms with E-state index < -0.39 is 0 Å². The van der Waals surface area contributed by atoms with Crippen LogP contribution in [-0.2, 0) is 0 Å². The van der Waals surface area contributed by atoms with Crippen molar-refractivity contribution in [3.63, 3.8) is 0 Å². The summed E-state index contributed by atoms with van der Waals surface area (Å²) < 4.78 is 1.84. The third-order valence-corrected chi connectivity index (χ3v) is 8.02. The molecule has 2 aliphatic rings. The number of likely N-dealkylation sites (tertiary alicyclic amines) is 1. The Kier molecular flexibility index (Phi) is 8.98. The molecule has 2 unspecified atom stereocenters. The van der Waals surface area contributed by atoms with E-state index in [-0.39, 0.29) is 6.04 Å². The van der Waals surface area contributed by atoms with E-state index in [0.29, 0.717) is 38.5 Å². The monoisotopic (exact) mass is 543 g/mol. The maximum atomic E-state index is 6.51. The van der Waals surface area contributed by atoms with Gasteiger partial charge in [-0.2, -0.15) is 5.10 Å². The normalized spacial score (nSPS) is 19.3. The number of hydrogen-bond donors (Lipinski definition) is 1. The lowest BCUT2D eigenvalue weighted by Gasteiger charge is -2.47. The highest BCUT2D eigenvalue weighted by Crippen LogP contribution is 2.35. The van der Waals surface area contributed by atoms with Gasteiger partial charge >= 0.3 is 0 Å². The Morgan fingerprint density at radius 1 is 1.19 bits per heavy atom. The predicted molar refractivity (Wildman–Crippen MR) is 155 cm³/mol. The van der Waals surface area contributed by atoms with Gasteiger partial charge in [0.2, 0.25) is 0 Å². The average molecular weight is 545 g/mol. The Balaban J connectivity index is 0.00000156. The Morgan fingerprint density at radius 2 is 1.95 bits per heavy atom. The largest absolute Gasteiger partial charge is 0.397 e. The fourth-order valence-electron chi connectivity index (χ4n) is 5.50. The number of aromatic nitrogens is 4. The number of halogens is 2. The van der Waals surface area contributed by atoms with Crippen LogP contribution in [0.1, 0.15) is 64.3 Å². The number of anilines is 1. The van der Waals surface area contributed by atoms with Crippen LogP contribution in [0.15, 0.2) is 31.0 Å². The average Bonchev–Trinajstić information content (AvgIpc) is 3.24. The van der Waals surface area contributed by atoms with E-state index in [4.69, 9.17) is 44.0 Å². The number of piperidine rings is 1. The summed E-state index contributed by atoms with van der Waals surface area (Å²) in [6.07, 6.45) is 5.70. The van der Waals surface area contributed by atoms with Gasteiger partial charge in [0.1, 0.15) is 17.0 Å². The molecule has 3 aromatic rings. The Hall–Kier alpha value is -2.35. The number of nitrogens with two attached hydrogens (primary N) is 1. The van der Waals surface area contributed by atoms with Crippen LogP contribution in [0.4, 0.5) is 5.82 Å². The molecule has 2 aliphatic heterocycles. The minimum absolute atomic E-state index is 0.184. The van der Waals surface area contributed by atoms with Crippen LogP contribution in [0.3, 0.4) is 0 Å². The lowest BCUT2D eigenvalue weighted by Crippen LogP contribution is -2.53. The van der Waals surface area contributed by atoms with Crippen molar-refractivity contribution in [2.45, 2.75) is 53.0 Å². The summed E-state index contributed by atoms with van der Waals surface area (Å²) in [6.45, 7) is 17.9. The highest BCUT2D eigenvalue weighted by atomic mass is 35.5. The second-order valence-corrected chi connectivity index (χ2v) is 10.8. The summed E-state index contributed by atoms with van der Waals surface area (Å²) in [6, 6.07) is 5.31. The lowest BCUT2D eigenvalue weighted by atomic mass is 9.80. The van der Waals surface area contributed by atoms with E-state index in [1.54, 1.807) is 6.07 Å². The zero-order valence-corrected chi connectivity index (χ0v) is 23.9. The van der Waals surface area contributed by atoms with Crippen LogP contribution in [0, 0.1) is 11.8 Å². The molecule has 1 aromatic carbocycles. The summed E-state index contributed by atoms with van der Waals surface area (Å²) in [5.41, 5.74) is 9.20. The van der Waals surface area contributed by atoms with Crippen molar-refractivity contribution in [1.82, 2.24) is 24.6 Å². The van der Waals surface area contributed by atoms with E-state index >= 15 is 0 Å². The molecule has 0 aliphatic carbocycles. The highest BCUT2D eigenvalue weighted by molar-refractivity contribution is 6.35. The fraction of sp³-hybridized carbons (Fsp3) is 0.536. The zero-order valence-electron chi connectivity index (χ0n) is 22.4. The molecule has 2 N–H and O–H groups in total. The Morgan fingerprint density at radius 3 is 2.62 bits per heavy atom. The maximum absolute atomic E-state index is 6.51. The van der Waals surface area contributed by atoms with Gasteiger partial charge in [0.05, 0.1) is 17.9 Å². The van der Waals surface area contributed by atoms with E-state index in [1.165, 1.54) is 38.9 Å². The van der Waals surface area contributed by atoms with Gasteiger partial charge in [-0.25, -0.2) is 14.6 Å². The quantitative estimate of drug-likeness (QED) is 0.379. The molecule has 0 spiro atoms. The molecular formula is C28H39Cl2N7. The standard InChI is InChI=1S/C26H33Cl2N7.C2H6/c1-4-9-33-10-5-6-18(13-33)19-14-34(15-19)23-12-30-25-24(16(2)29)32-35(26(25)31-23)17(3)21-8-7-20(27)11-22(21)28;1-2/h7-8,11-12,17-19H,2,4-6,9-10,13-15,29H2,1,3H3;1-2H3. The number of hydrogen-bond acceptors (Lipinski definition) is 6. The summed E-state index contributed by atoms with van der Waals surface area (Å²) in [5, 5.41) is 5.92. The number of rotatable bonds is 7. The first kappa shape index (κ1) is 27.7. The van der Waals surface area contributed by atoms with Crippen molar-refractivity contribution in [3.05, 3.63) is 52.3 Å². The van der Waals surface area contributed by atoms with Crippen molar-refractivity contribution >= 4 is 45.9 Å². The summed E-state index contributed by atoms with van der Waals surface area (Å²) in [4.78, 5) is 14.7. The maximum Gasteiger partial charge on any atom is 0.180 e. The SMILES string of the molecule is C=C(N)c1nn(C(C)c2ccc(Cl)cc2Cl)c2nc(N3CC(C4CCCN(CCC)C4)C3)cnc12.CC. The Labute approximate surface area is 230 Å². The van der Waals surface area contributed by atoms with Gasteiger partial charge in [0.25, 0.3) is 0 Å². The molecule has 0 bridgehead atoms. The third kappa shape index (κ3) is 5.74. The van der Waals surface area contributed by atoms with Gasteiger partial charge in [0, 0.05) is 29.7 Å². The number of nitrogens with zero attached hydrogens (tertiary/aromatic N) is 6. The molecule has 7 nitrogen and oxygen atoms in total. The van der Waals surface area contributed by atoms with Crippen LogP contribution >= 0.6 is 23.2 Å². The summed E-state index contributed by atoms with van der Waals surface area (Å²) in [7, 11) is 0. The number of fused-ring (bicyclic) bond motifs is 1. The molecule has 2 aromatic heterocycles. The van der Waals surface area contributed by atoms with Gasteiger partial charge in [-0.3, -0.25) is 0 Å². The van der Waals surface area contributed by atoms with Gasteiger partial charge in [-0.15, -0.1) is 0 Å². The molecule has 0 radical (unpaired) electrons. The minimum atomic E-state index is -0.184. The molecule has 0 amide bonds. The second-order valence-electron chi connectivity index (χ2n) is 9.93. The predicted octanol–water partition coefficient (Wildman–Crippen LogP) is 6.26. The van der Waals surface area contributed by atoms with Gasteiger partial charge < -0.3 is 15.5 Å². The molecule has 2 fully saturated rings. The van der Waals surface area contributed by atoms with Crippen LogP contribution < -0.4 is 10.6 Å². The van der Waals surface area contributed by atoms with Gasteiger partial charge in [-0.1, -0.05) is 56.6 Å². The first-order valence-electron chi connectivity index (χ1n) is 13.5. The zero-order chi connectivity index (χ0) is 26.7. The van der Waals surface area contributed by atoms with Crippen molar-refractivity contribution in [3.8, 4) is 0 Å². The van der Waals surface area contributed by atoms with Crippen molar-refractivity contribution < 1.29 is 0 Å². The van der Waals surface area contributed by atoms with E-state index in [0.717, 1.165) is 30.4 Å². The van der Waals surface area contributed by atoms with Crippen molar-refractivity contribution in [1.29, 1.82) is 0 Å². The molecule has 4 heterocycles. The molecule has 2 saturated heterocycles. The van der Waals surface area contributed by atoms with Crippen LogP contribution in [-0.4, -0.2) is 57.4 Å². The van der Waals surface area contributed by atoms with Crippen LogP contribution in [0.25, 0.3) is 16.9 Å². The minimum Gasteiger partial charge on any atom is -0.397 e. The summed E-state index contributed by atoms with van der Waals surface area (Å²) in [5.74, 6) is 2.36. The van der Waals surface area contributed by atoms with E-state index in [2.05, 4.69) is 23.3 Å². The highest BCUT2D eigenvalue weighted by Gasteiger charge is 2.36.